The fourth-order valence-electron chi connectivity index (χ4n) is 1.96. The largest absolute Gasteiger partial charge is 0.468 e. The lowest BCUT2D eigenvalue weighted by Gasteiger charge is -2.18. The molecule has 0 saturated carbocycles. The number of furan rings is 1. The van der Waals surface area contributed by atoms with E-state index in [1.54, 1.807) is 6.26 Å². The smallest absolute Gasteiger partial charge is 0.117 e. The quantitative estimate of drug-likeness (QED) is 0.635. The molecular weight excluding hydrogens is 212 g/mol. The van der Waals surface area contributed by atoms with Crippen molar-refractivity contribution < 1.29 is 4.42 Å². The second-order valence-electron chi connectivity index (χ2n) is 4.47. The SMILES string of the molecule is CCN(CCCCCCNC)Cc1ccco1. The monoisotopic (exact) mass is 238 g/mol. The summed E-state index contributed by atoms with van der Waals surface area (Å²) in [6, 6.07) is 4.01. The highest BCUT2D eigenvalue weighted by atomic mass is 16.3. The molecule has 1 N–H and O–H groups in total. The zero-order chi connectivity index (χ0) is 12.3. The lowest BCUT2D eigenvalue weighted by molar-refractivity contribution is 0.250. The molecule has 0 aliphatic carbocycles. The highest BCUT2D eigenvalue weighted by Gasteiger charge is 2.04. The summed E-state index contributed by atoms with van der Waals surface area (Å²) in [5.74, 6) is 1.07. The Bertz CT molecular complexity index is 259. The van der Waals surface area contributed by atoms with Crippen LogP contribution < -0.4 is 5.32 Å². The van der Waals surface area contributed by atoms with Crippen LogP contribution in [0.3, 0.4) is 0 Å². The van der Waals surface area contributed by atoms with Gasteiger partial charge in [0.15, 0.2) is 0 Å². The van der Waals surface area contributed by atoms with Gasteiger partial charge in [-0.2, -0.15) is 0 Å². The van der Waals surface area contributed by atoms with Gasteiger partial charge in [-0.1, -0.05) is 19.8 Å². The molecule has 0 saturated heterocycles. The van der Waals surface area contributed by atoms with E-state index in [1.807, 2.05) is 13.1 Å². The maximum absolute atomic E-state index is 5.38. The summed E-state index contributed by atoms with van der Waals surface area (Å²) >= 11 is 0. The Morgan fingerprint density at radius 3 is 2.71 bits per heavy atom. The Kier molecular flexibility index (Phi) is 7.76. The first-order valence-electron chi connectivity index (χ1n) is 6.76. The van der Waals surface area contributed by atoms with Gasteiger partial charge in [-0.15, -0.1) is 0 Å². The van der Waals surface area contributed by atoms with Gasteiger partial charge in [0.2, 0.25) is 0 Å². The molecule has 3 nitrogen and oxygen atoms in total. The van der Waals surface area contributed by atoms with Gasteiger partial charge in [0.05, 0.1) is 12.8 Å². The zero-order valence-corrected chi connectivity index (χ0v) is 11.2. The summed E-state index contributed by atoms with van der Waals surface area (Å²) in [5, 5.41) is 3.19. The van der Waals surface area contributed by atoms with Crippen LogP contribution in [0.15, 0.2) is 22.8 Å². The second-order valence-corrected chi connectivity index (χ2v) is 4.47. The van der Waals surface area contributed by atoms with E-state index >= 15 is 0 Å². The van der Waals surface area contributed by atoms with Crippen molar-refractivity contribution in [3.05, 3.63) is 24.2 Å². The normalized spacial score (nSPS) is 11.2. The van der Waals surface area contributed by atoms with Gasteiger partial charge in [0, 0.05) is 0 Å². The van der Waals surface area contributed by atoms with Gasteiger partial charge in [-0.3, -0.25) is 4.90 Å². The van der Waals surface area contributed by atoms with E-state index in [0.717, 1.165) is 25.4 Å². The number of hydrogen-bond acceptors (Lipinski definition) is 3. The standard InChI is InChI=1S/C14H26N2O/c1-3-16(13-14-9-8-12-17-14)11-7-5-4-6-10-15-2/h8-9,12,15H,3-7,10-11,13H2,1-2H3. The summed E-state index contributed by atoms with van der Waals surface area (Å²) < 4.78 is 5.38. The number of rotatable bonds is 10. The molecule has 0 atom stereocenters. The lowest BCUT2D eigenvalue weighted by Crippen LogP contribution is -2.23. The van der Waals surface area contributed by atoms with Crippen LogP contribution in [0.5, 0.6) is 0 Å². The number of nitrogens with zero attached hydrogens (tertiary/aromatic N) is 1. The second kappa shape index (κ2) is 9.25. The fourth-order valence-corrected chi connectivity index (χ4v) is 1.96. The maximum atomic E-state index is 5.38. The fraction of sp³-hybridized carbons (Fsp3) is 0.714. The van der Waals surface area contributed by atoms with Crippen molar-refractivity contribution >= 4 is 0 Å². The van der Waals surface area contributed by atoms with Crippen molar-refractivity contribution in [2.24, 2.45) is 0 Å². The first-order valence-corrected chi connectivity index (χ1v) is 6.76. The van der Waals surface area contributed by atoms with E-state index in [-0.39, 0.29) is 0 Å². The molecule has 17 heavy (non-hydrogen) atoms. The minimum atomic E-state index is 0.944. The molecule has 1 aromatic heterocycles. The van der Waals surface area contributed by atoms with Crippen molar-refractivity contribution in [3.8, 4) is 0 Å². The Morgan fingerprint density at radius 1 is 1.24 bits per heavy atom. The third-order valence-corrected chi connectivity index (χ3v) is 3.06. The number of hydrogen-bond donors (Lipinski definition) is 1. The third-order valence-electron chi connectivity index (χ3n) is 3.06. The molecule has 0 bridgehead atoms. The van der Waals surface area contributed by atoms with Crippen LogP contribution in [0.2, 0.25) is 0 Å². The highest BCUT2D eigenvalue weighted by Crippen LogP contribution is 2.07. The van der Waals surface area contributed by atoms with Crippen molar-refractivity contribution in [3.63, 3.8) is 0 Å². The molecule has 0 amide bonds. The molecule has 0 aliphatic rings. The van der Waals surface area contributed by atoms with Gasteiger partial charge >= 0.3 is 0 Å². The molecular formula is C14H26N2O. The molecule has 98 valence electrons. The van der Waals surface area contributed by atoms with E-state index in [9.17, 15) is 0 Å². The van der Waals surface area contributed by atoms with Gasteiger partial charge in [0.25, 0.3) is 0 Å². The van der Waals surface area contributed by atoms with Crippen molar-refractivity contribution in [1.82, 2.24) is 10.2 Å². The molecule has 0 spiro atoms. The van der Waals surface area contributed by atoms with Crippen LogP contribution >= 0.6 is 0 Å². The van der Waals surface area contributed by atoms with Crippen LogP contribution in [-0.2, 0) is 6.54 Å². The minimum Gasteiger partial charge on any atom is -0.468 e. The Morgan fingerprint density at radius 2 is 2.06 bits per heavy atom. The Hall–Kier alpha value is -0.800. The summed E-state index contributed by atoms with van der Waals surface area (Å²) in [7, 11) is 2.02. The zero-order valence-electron chi connectivity index (χ0n) is 11.2. The molecule has 3 heteroatoms. The van der Waals surface area contributed by atoms with Crippen LogP contribution in [0, 0.1) is 0 Å². The van der Waals surface area contributed by atoms with Crippen LogP contribution in [-0.4, -0.2) is 31.6 Å². The molecule has 0 unspecified atom stereocenters. The van der Waals surface area contributed by atoms with Crippen molar-refractivity contribution in [2.75, 3.05) is 26.7 Å². The molecule has 0 aromatic carbocycles. The molecule has 0 fully saturated rings. The van der Waals surface area contributed by atoms with E-state index in [4.69, 9.17) is 4.42 Å². The lowest BCUT2D eigenvalue weighted by atomic mass is 10.2. The predicted octanol–water partition coefficient (Wildman–Crippen LogP) is 2.88. The molecule has 0 aliphatic heterocycles. The Labute approximate surface area is 105 Å². The maximum Gasteiger partial charge on any atom is 0.117 e. The molecule has 1 rings (SSSR count). The molecule has 1 heterocycles. The van der Waals surface area contributed by atoms with Gasteiger partial charge < -0.3 is 9.73 Å². The Balaban J connectivity index is 2.06. The highest BCUT2D eigenvalue weighted by molar-refractivity contribution is 4.97. The summed E-state index contributed by atoms with van der Waals surface area (Å²) in [6.45, 7) is 6.57. The average molecular weight is 238 g/mol. The topological polar surface area (TPSA) is 28.4 Å². The van der Waals surface area contributed by atoms with Crippen LogP contribution in [0.1, 0.15) is 38.4 Å². The van der Waals surface area contributed by atoms with Gasteiger partial charge in [0.1, 0.15) is 5.76 Å². The number of unbranched alkanes of at least 4 members (excludes halogenated alkanes) is 3. The third kappa shape index (κ3) is 6.49. The van der Waals surface area contributed by atoms with E-state index < -0.39 is 0 Å². The van der Waals surface area contributed by atoms with Gasteiger partial charge in [-0.05, 0) is 51.7 Å². The molecule has 1 aromatic rings. The van der Waals surface area contributed by atoms with Gasteiger partial charge in [-0.25, -0.2) is 0 Å². The van der Waals surface area contributed by atoms with E-state index in [2.05, 4.69) is 23.2 Å². The summed E-state index contributed by atoms with van der Waals surface area (Å²) in [5.41, 5.74) is 0. The van der Waals surface area contributed by atoms with Crippen molar-refractivity contribution in [1.29, 1.82) is 0 Å². The first-order chi connectivity index (χ1) is 8.36. The van der Waals surface area contributed by atoms with Crippen LogP contribution in [0.25, 0.3) is 0 Å². The first kappa shape index (κ1) is 14.3. The summed E-state index contributed by atoms with van der Waals surface area (Å²) in [4.78, 5) is 2.44. The predicted molar refractivity (Wildman–Crippen MR) is 72.1 cm³/mol. The minimum absolute atomic E-state index is 0.944. The average Bonchev–Trinajstić information content (AvgIpc) is 2.85. The summed E-state index contributed by atoms with van der Waals surface area (Å²) in [6.07, 6.45) is 7.00. The van der Waals surface area contributed by atoms with Crippen molar-refractivity contribution in [2.45, 2.75) is 39.2 Å². The van der Waals surface area contributed by atoms with E-state index in [0.29, 0.717) is 0 Å². The molecule has 0 radical (unpaired) electrons. The number of nitrogens with one attached hydrogen (secondary N) is 1. The van der Waals surface area contributed by atoms with Crippen LogP contribution in [0.4, 0.5) is 0 Å². The van der Waals surface area contributed by atoms with E-state index in [1.165, 1.54) is 32.2 Å².